The largest absolute Gasteiger partial charge is 0.387 e. The molecule has 1 aromatic rings. The number of pyridine rings is 1. The second kappa shape index (κ2) is 5.41. The van der Waals surface area contributed by atoms with Gasteiger partial charge in [0.1, 0.15) is 0 Å². The highest BCUT2D eigenvalue weighted by Crippen LogP contribution is 2.35. The van der Waals surface area contributed by atoms with Crippen molar-refractivity contribution in [2.45, 2.75) is 45.6 Å². The molecule has 21 heavy (non-hydrogen) atoms. The monoisotopic (exact) mass is 287 g/mol. The molecule has 0 saturated carbocycles. The molecule has 1 saturated heterocycles. The molecule has 1 fully saturated rings. The summed E-state index contributed by atoms with van der Waals surface area (Å²) in [4.78, 5) is 12.6. The molecular weight excluding hydrogens is 262 g/mol. The average Bonchev–Trinajstić information content (AvgIpc) is 2.81. The zero-order chi connectivity index (χ0) is 14.9. The van der Waals surface area contributed by atoms with E-state index in [1.54, 1.807) is 6.20 Å². The lowest BCUT2D eigenvalue weighted by molar-refractivity contribution is -0.0735. The van der Waals surface area contributed by atoms with Crippen LogP contribution in [0.1, 0.15) is 45.6 Å². The number of piperidine rings is 1. The summed E-state index contributed by atoms with van der Waals surface area (Å²) in [6, 6.07) is 4.01. The first-order valence-corrected chi connectivity index (χ1v) is 7.84. The molecule has 4 nitrogen and oxygen atoms in total. The van der Waals surface area contributed by atoms with E-state index in [9.17, 15) is 0 Å². The first-order valence-electron chi connectivity index (χ1n) is 7.84. The van der Waals surface area contributed by atoms with Crippen molar-refractivity contribution in [3.63, 3.8) is 0 Å². The zero-order valence-corrected chi connectivity index (χ0v) is 13.3. The normalized spacial score (nSPS) is 26.7. The van der Waals surface area contributed by atoms with Crippen LogP contribution in [0.25, 0.3) is 0 Å². The highest BCUT2D eigenvalue weighted by atomic mass is 16.7. The van der Waals surface area contributed by atoms with Gasteiger partial charge in [0.15, 0.2) is 5.60 Å². The smallest absolute Gasteiger partial charge is 0.156 e. The third-order valence-electron chi connectivity index (χ3n) is 4.15. The fourth-order valence-corrected chi connectivity index (χ4v) is 3.42. The Hall–Kier alpha value is -1.42. The van der Waals surface area contributed by atoms with E-state index in [2.05, 4.69) is 41.9 Å². The lowest BCUT2D eigenvalue weighted by Crippen LogP contribution is -2.50. The molecular formula is C17H25N3O. The van der Waals surface area contributed by atoms with Crippen LogP contribution in [0.15, 0.2) is 29.7 Å². The molecule has 0 bridgehead atoms. The number of hydrogen-bond donors (Lipinski definition) is 0. The van der Waals surface area contributed by atoms with Crippen molar-refractivity contribution in [1.29, 1.82) is 0 Å². The van der Waals surface area contributed by atoms with Gasteiger partial charge in [-0.05, 0) is 36.9 Å². The SMILES string of the molecule is CC(C)(C)CN1CCCC2(CC(c3cccnc3)=NO2)C1. The molecule has 0 aliphatic carbocycles. The molecule has 1 unspecified atom stereocenters. The number of hydrogen-bond acceptors (Lipinski definition) is 4. The van der Waals surface area contributed by atoms with Crippen LogP contribution in [-0.4, -0.2) is 40.8 Å². The van der Waals surface area contributed by atoms with E-state index in [4.69, 9.17) is 4.84 Å². The van der Waals surface area contributed by atoms with E-state index in [-0.39, 0.29) is 5.60 Å². The maximum Gasteiger partial charge on any atom is 0.156 e. The van der Waals surface area contributed by atoms with Gasteiger partial charge < -0.3 is 4.84 Å². The molecule has 114 valence electrons. The Bertz CT molecular complexity index is 521. The van der Waals surface area contributed by atoms with Gasteiger partial charge >= 0.3 is 0 Å². The first-order chi connectivity index (χ1) is 9.96. The summed E-state index contributed by atoms with van der Waals surface area (Å²) in [7, 11) is 0. The van der Waals surface area contributed by atoms with Gasteiger partial charge in [-0.2, -0.15) is 0 Å². The molecule has 0 radical (unpaired) electrons. The third-order valence-corrected chi connectivity index (χ3v) is 4.15. The Morgan fingerprint density at radius 1 is 1.38 bits per heavy atom. The number of likely N-dealkylation sites (tertiary alicyclic amines) is 1. The van der Waals surface area contributed by atoms with Crippen LogP contribution in [0.2, 0.25) is 0 Å². The van der Waals surface area contributed by atoms with Gasteiger partial charge in [0, 0.05) is 37.5 Å². The number of rotatable bonds is 2. The van der Waals surface area contributed by atoms with Crippen LogP contribution in [0.3, 0.4) is 0 Å². The van der Waals surface area contributed by atoms with E-state index in [1.807, 2.05) is 12.3 Å². The van der Waals surface area contributed by atoms with Crippen LogP contribution < -0.4 is 0 Å². The summed E-state index contributed by atoms with van der Waals surface area (Å²) < 4.78 is 0. The predicted octanol–water partition coefficient (Wildman–Crippen LogP) is 3.09. The van der Waals surface area contributed by atoms with Crippen molar-refractivity contribution in [3.8, 4) is 0 Å². The molecule has 2 aliphatic rings. The summed E-state index contributed by atoms with van der Waals surface area (Å²) >= 11 is 0. The summed E-state index contributed by atoms with van der Waals surface area (Å²) in [6.07, 6.45) is 6.85. The van der Waals surface area contributed by atoms with Crippen molar-refractivity contribution in [2.24, 2.45) is 10.6 Å². The molecule has 1 aromatic heterocycles. The number of oxime groups is 1. The summed E-state index contributed by atoms with van der Waals surface area (Å²) in [6.45, 7) is 10.1. The second-order valence-corrected chi connectivity index (χ2v) is 7.61. The maximum absolute atomic E-state index is 5.91. The van der Waals surface area contributed by atoms with Crippen molar-refractivity contribution in [1.82, 2.24) is 9.88 Å². The standard InChI is InChI=1S/C17H25N3O/c1-16(2,3)12-20-9-5-7-17(13-20)10-15(19-21-17)14-6-4-8-18-11-14/h4,6,8,11H,5,7,9-10,12-13H2,1-3H3. The van der Waals surface area contributed by atoms with Gasteiger partial charge in [0.2, 0.25) is 0 Å². The summed E-state index contributed by atoms with van der Waals surface area (Å²) in [5.41, 5.74) is 2.33. The van der Waals surface area contributed by atoms with Gasteiger partial charge in [-0.1, -0.05) is 25.9 Å². The summed E-state index contributed by atoms with van der Waals surface area (Å²) in [5, 5.41) is 4.36. The predicted molar refractivity (Wildman–Crippen MR) is 84.3 cm³/mol. The topological polar surface area (TPSA) is 37.7 Å². The Balaban J connectivity index is 1.67. The molecule has 1 spiro atoms. The fourth-order valence-electron chi connectivity index (χ4n) is 3.42. The Morgan fingerprint density at radius 3 is 2.95 bits per heavy atom. The molecule has 3 rings (SSSR count). The minimum atomic E-state index is -0.116. The first kappa shape index (κ1) is 14.5. The van der Waals surface area contributed by atoms with E-state index in [0.29, 0.717) is 5.41 Å². The van der Waals surface area contributed by atoms with Crippen molar-refractivity contribution in [3.05, 3.63) is 30.1 Å². The van der Waals surface area contributed by atoms with Crippen molar-refractivity contribution in [2.75, 3.05) is 19.6 Å². The average molecular weight is 287 g/mol. The molecule has 1 atom stereocenters. The van der Waals surface area contributed by atoms with Crippen LogP contribution in [0.4, 0.5) is 0 Å². The molecule has 3 heterocycles. The van der Waals surface area contributed by atoms with Crippen LogP contribution in [0.5, 0.6) is 0 Å². The third kappa shape index (κ3) is 3.43. The van der Waals surface area contributed by atoms with Gasteiger partial charge in [-0.3, -0.25) is 9.88 Å². The van der Waals surface area contributed by atoms with Crippen molar-refractivity contribution >= 4 is 5.71 Å². The lowest BCUT2D eigenvalue weighted by atomic mass is 9.85. The van der Waals surface area contributed by atoms with E-state index >= 15 is 0 Å². The maximum atomic E-state index is 5.91. The Kier molecular flexibility index (Phi) is 3.74. The molecule has 0 N–H and O–H groups in total. The second-order valence-electron chi connectivity index (χ2n) is 7.61. The van der Waals surface area contributed by atoms with Crippen LogP contribution in [-0.2, 0) is 4.84 Å². The molecule has 2 aliphatic heterocycles. The van der Waals surface area contributed by atoms with E-state index in [0.717, 1.165) is 37.2 Å². The van der Waals surface area contributed by atoms with Crippen LogP contribution >= 0.6 is 0 Å². The van der Waals surface area contributed by atoms with Gasteiger partial charge in [-0.15, -0.1) is 0 Å². The number of aromatic nitrogens is 1. The minimum absolute atomic E-state index is 0.116. The summed E-state index contributed by atoms with van der Waals surface area (Å²) in [5.74, 6) is 0. The van der Waals surface area contributed by atoms with Gasteiger partial charge in [0.25, 0.3) is 0 Å². The Labute approximate surface area is 127 Å². The molecule has 0 amide bonds. The quantitative estimate of drug-likeness (QED) is 0.839. The van der Waals surface area contributed by atoms with Crippen molar-refractivity contribution < 1.29 is 4.84 Å². The highest BCUT2D eigenvalue weighted by Gasteiger charge is 2.43. The molecule has 0 aromatic carbocycles. The number of nitrogens with zero attached hydrogens (tertiary/aromatic N) is 3. The van der Waals surface area contributed by atoms with Crippen LogP contribution in [0, 0.1) is 5.41 Å². The Morgan fingerprint density at radius 2 is 2.24 bits per heavy atom. The fraction of sp³-hybridized carbons (Fsp3) is 0.647. The minimum Gasteiger partial charge on any atom is -0.387 e. The molecule has 4 heteroatoms. The lowest BCUT2D eigenvalue weighted by Gasteiger charge is -2.40. The van der Waals surface area contributed by atoms with Gasteiger partial charge in [0.05, 0.1) is 5.71 Å². The van der Waals surface area contributed by atoms with E-state index in [1.165, 1.54) is 13.0 Å². The van der Waals surface area contributed by atoms with Gasteiger partial charge in [-0.25, -0.2) is 0 Å². The zero-order valence-electron chi connectivity index (χ0n) is 13.3. The van der Waals surface area contributed by atoms with E-state index < -0.39 is 0 Å². The highest BCUT2D eigenvalue weighted by molar-refractivity contribution is 6.01.